The number of phosphoric acid groups is 1. The van der Waals surface area contributed by atoms with Crippen LogP contribution in [0.2, 0.25) is 0 Å². The third kappa shape index (κ3) is 21.9. The molecule has 3 atom stereocenters. The molecule has 0 bridgehead atoms. The van der Waals surface area contributed by atoms with Gasteiger partial charge in [0.25, 0.3) is 0 Å². The lowest BCUT2D eigenvalue weighted by Crippen LogP contribution is -2.34. The van der Waals surface area contributed by atoms with E-state index in [9.17, 15) is 19.0 Å². The van der Waals surface area contributed by atoms with Crippen molar-refractivity contribution in [1.29, 1.82) is 0 Å². The van der Waals surface area contributed by atoms with Crippen LogP contribution in [0.3, 0.4) is 0 Å². The molecule has 0 aromatic carbocycles. The van der Waals surface area contributed by atoms with Crippen LogP contribution in [0.4, 0.5) is 0 Å². The first-order chi connectivity index (χ1) is 17.2. The summed E-state index contributed by atoms with van der Waals surface area (Å²) < 4.78 is 25.7. The molecule has 0 spiro atoms. The van der Waals surface area contributed by atoms with E-state index in [2.05, 4.69) is 33.0 Å². The van der Waals surface area contributed by atoms with Crippen LogP contribution in [-0.4, -0.2) is 59.2 Å². The number of hydrogen-bond donors (Lipinski definition) is 4. The minimum absolute atomic E-state index is 0.214. The molecule has 0 rings (SSSR count). The molecule has 0 saturated carbocycles. The van der Waals surface area contributed by atoms with Gasteiger partial charge in [-0.05, 0) is 32.1 Å². The zero-order valence-electron chi connectivity index (χ0n) is 21.6. The summed E-state index contributed by atoms with van der Waals surface area (Å²) in [6.07, 6.45) is 18.6. The second kappa shape index (κ2) is 22.8. The van der Waals surface area contributed by atoms with E-state index in [1.165, 1.54) is 38.5 Å². The third-order valence-corrected chi connectivity index (χ3v) is 6.33. The molecule has 0 aliphatic carbocycles. The largest absolute Gasteiger partial charge is 0.480 e. The Labute approximate surface area is 214 Å². The van der Waals surface area contributed by atoms with Gasteiger partial charge in [0.15, 0.2) is 6.10 Å². The van der Waals surface area contributed by atoms with Gasteiger partial charge < -0.3 is 20.5 Å². The Balaban J connectivity index is 3.74. The maximum Gasteiger partial charge on any atom is 0.472 e. The number of carbonyl (C=O) groups is 2. The van der Waals surface area contributed by atoms with Crippen molar-refractivity contribution in [1.82, 2.24) is 0 Å². The number of phosphoric ester groups is 1. The second-order valence-electron chi connectivity index (χ2n) is 8.75. The van der Waals surface area contributed by atoms with Gasteiger partial charge in [0, 0.05) is 6.42 Å². The number of ether oxygens (including phenoxy) is 1. The van der Waals surface area contributed by atoms with Crippen LogP contribution >= 0.6 is 7.82 Å². The fourth-order valence-electron chi connectivity index (χ4n) is 3.17. The van der Waals surface area contributed by atoms with Crippen molar-refractivity contribution in [2.75, 3.05) is 19.8 Å². The van der Waals surface area contributed by atoms with Gasteiger partial charge in [-0.15, -0.1) is 0 Å². The molecule has 12 heteroatoms. The maximum absolute atomic E-state index is 11.8. The van der Waals surface area contributed by atoms with E-state index in [-0.39, 0.29) is 6.42 Å². The molecule has 11 nitrogen and oxygen atoms in total. The number of allylic oxidation sites excluding steroid dienone is 2. The molecule has 0 heterocycles. The number of unbranched alkanes of at least 4 members (excludes halogenated alkanes) is 11. The first-order valence-corrected chi connectivity index (χ1v) is 14.4. The summed E-state index contributed by atoms with van der Waals surface area (Å²) in [5.74, 6) is -1.89. The summed E-state index contributed by atoms with van der Waals surface area (Å²) in [7, 11) is -4.63. The van der Waals surface area contributed by atoms with Gasteiger partial charge >= 0.3 is 19.8 Å². The van der Waals surface area contributed by atoms with Crippen LogP contribution in [0.25, 0.3) is 0 Å². The number of aliphatic carboxylic acids is 1. The Bertz CT molecular complexity index is 646. The van der Waals surface area contributed by atoms with Gasteiger partial charge in [-0.2, -0.15) is 0 Å². The van der Waals surface area contributed by atoms with Gasteiger partial charge in [0.2, 0.25) is 0 Å². The molecule has 0 aliphatic rings. The van der Waals surface area contributed by atoms with Crippen molar-refractivity contribution in [3.8, 4) is 0 Å². The highest BCUT2D eigenvalue weighted by Gasteiger charge is 2.27. The summed E-state index contributed by atoms with van der Waals surface area (Å²) in [4.78, 5) is 36.0. The van der Waals surface area contributed by atoms with Gasteiger partial charge in [-0.25, -0.2) is 9.45 Å². The molecule has 36 heavy (non-hydrogen) atoms. The Kier molecular flexibility index (Phi) is 22.0. The number of carboxylic acid groups (broad SMARTS) is 1. The average Bonchev–Trinajstić information content (AvgIpc) is 2.84. The van der Waals surface area contributed by atoms with Crippen molar-refractivity contribution >= 4 is 19.8 Å². The Hall–Kier alpha value is -1.33. The predicted octanol–water partition coefficient (Wildman–Crippen LogP) is 4.97. The van der Waals surface area contributed by atoms with E-state index >= 15 is 0 Å². The Morgan fingerprint density at radius 3 is 1.94 bits per heavy atom. The lowest BCUT2D eigenvalue weighted by atomic mass is 10.1. The molecule has 0 radical (unpaired) electrons. The van der Waals surface area contributed by atoms with E-state index < -0.39 is 51.7 Å². The zero-order chi connectivity index (χ0) is 27.1. The minimum Gasteiger partial charge on any atom is -0.480 e. The molecule has 0 aromatic heterocycles. The van der Waals surface area contributed by atoms with E-state index in [0.717, 1.165) is 38.5 Å². The molecule has 0 amide bonds. The smallest absolute Gasteiger partial charge is 0.472 e. The monoisotopic (exact) mass is 539 g/mol. The third-order valence-electron chi connectivity index (χ3n) is 5.38. The topological polar surface area (TPSA) is 175 Å². The highest BCUT2D eigenvalue weighted by Crippen LogP contribution is 2.43. The SMILES string of the molecule is CCCCCCCC/C=C\CCCCCCCC(=O)OC[C@H](COP(=O)(O)OC[C@H](N)C(=O)O)OO. The Morgan fingerprint density at radius 1 is 0.861 bits per heavy atom. The van der Waals surface area contributed by atoms with Crippen LogP contribution in [0.5, 0.6) is 0 Å². The van der Waals surface area contributed by atoms with Gasteiger partial charge in [0.1, 0.15) is 12.6 Å². The standard InChI is InChI=1S/C24H46NO10P/c1-2-3-4-5-6-7-8-9-10-11-12-13-14-15-16-17-23(26)32-18-21(35-29)19-33-36(30,31)34-20-22(25)24(27)28/h9-10,21-22,29H,2-8,11-20,25H2,1H3,(H,27,28)(H,30,31)/b10-9-/t21-,22+/m1/s1. The molecular weight excluding hydrogens is 493 g/mol. The summed E-state index contributed by atoms with van der Waals surface area (Å²) in [5, 5.41) is 17.5. The van der Waals surface area contributed by atoms with E-state index in [1.807, 2.05) is 0 Å². The van der Waals surface area contributed by atoms with E-state index in [0.29, 0.717) is 6.42 Å². The van der Waals surface area contributed by atoms with Crippen molar-refractivity contribution in [2.24, 2.45) is 5.73 Å². The quantitative estimate of drug-likeness (QED) is 0.0308. The van der Waals surface area contributed by atoms with Crippen molar-refractivity contribution < 1.29 is 48.1 Å². The number of rotatable bonds is 25. The first kappa shape index (κ1) is 34.7. The molecule has 0 fully saturated rings. The lowest BCUT2D eigenvalue weighted by Gasteiger charge is -2.17. The van der Waals surface area contributed by atoms with Crippen molar-refractivity contribution in [3.63, 3.8) is 0 Å². The number of carbonyl (C=O) groups excluding carboxylic acids is 1. The maximum atomic E-state index is 11.8. The fourth-order valence-corrected chi connectivity index (χ4v) is 3.95. The minimum atomic E-state index is -4.63. The molecule has 0 saturated heterocycles. The fraction of sp³-hybridized carbons (Fsp3) is 0.833. The summed E-state index contributed by atoms with van der Waals surface area (Å²) in [6.45, 7) is 0.453. The first-order valence-electron chi connectivity index (χ1n) is 12.9. The second-order valence-corrected chi connectivity index (χ2v) is 10.2. The molecule has 1 unspecified atom stereocenters. The van der Waals surface area contributed by atoms with E-state index in [4.69, 9.17) is 20.8 Å². The van der Waals surface area contributed by atoms with Crippen molar-refractivity contribution in [2.45, 2.75) is 109 Å². The van der Waals surface area contributed by atoms with Crippen LogP contribution < -0.4 is 5.73 Å². The van der Waals surface area contributed by atoms with Gasteiger partial charge in [0.05, 0.1) is 13.2 Å². The number of carboxylic acids is 1. The van der Waals surface area contributed by atoms with E-state index in [1.54, 1.807) is 0 Å². The van der Waals surface area contributed by atoms with Crippen LogP contribution in [0.15, 0.2) is 12.2 Å². The lowest BCUT2D eigenvalue weighted by molar-refractivity contribution is -0.290. The van der Waals surface area contributed by atoms with Crippen LogP contribution in [0, 0.1) is 0 Å². The number of nitrogens with two attached hydrogens (primary N) is 1. The summed E-state index contributed by atoms with van der Waals surface area (Å²) >= 11 is 0. The average molecular weight is 540 g/mol. The highest BCUT2D eigenvalue weighted by atomic mass is 31.2. The van der Waals surface area contributed by atoms with Gasteiger partial charge in [-0.3, -0.25) is 23.9 Å². The molecule has 212 valence electrons. The Morgan fingerprint density at radius 2 is 1.39 bits per heavy atom. The zero-order valence-corrected chi connectivity index (χ0v) is 22.4. The molecular formula is C24H46NO10P. The van der Waals surface area contributed by atoms with Crippen LogP contribution in [0.1, 0.15) is 96.8 Å². The molecule has 0 aromatic rings. The molecule has 5 N–H and O–H groups in total. The number of esters is 1. The normalized spacial score (nSPS) is 15.0. The van der Waals surface area contributed by atoms with Gasteiger partial charge in [-0.1, -0.05) is 70.4 Å². The summed E-state index contributed by atoms with van der Waals surface area (Å²) in [6, 6.07) is -1.50. The van der Waals surface area contributed by atoms with Crippen molar-refractivity contribution in [3.05, 3.63) is 12.2 Å². The highest BCUT2D eigenvalue weighted by molar-refractivity contribution is 7.47. The molecule has 0 aliphatic heterocycles. The number of hydrogen-bond acceptors (Lipinski definition) is 9. The van der Waals surface area contributed by atoms with Crippen LogP contribution in [-0.2, 0) is 32.8 Å². The predicted molar refractivity (Wildman–Crippen MR) is 135 cm³/mol. The summed E-state index contributed by atoms with van der Waals surface area (Å²) in [5.41, 5.74) is 5.16.